The SMILES string of the molecule is COc1ccccc1NC(=O)CN1CCC(NC(=O)c2ccccc2Cl)CC1. The summed E-state index contributed by atoms with van der Waals surface area (Å²) in [6.07, 6.45) is 1.58. The van der Waals surface area contributed by atoms with E-state index in [2.05, 4.69) is 15.5 Å². The molecule has 2 aromatic rings. The van der Waals surface area contributed by atoms with Gasteiger partial charge in [0.2, 0.25) is 5.91 Å². The predicted molar refractivity (Wildman–Crippen MR) is 110 cm³/mol. The molecule has 0 atom stereocenters. The number of benzene rings is 2. The number of amides is 2. The Morgan fingerprint density at radius 3 is 2.50 bits per heavy atom. The first-order chi connectivity index (χ1) is 13.6. The van der Waals surface area contributed by atoms with Gasteiger partial charge in [0.25, 0.3) is 5.91 Å². The zero-order chi connectivity index (χ0) is 19.9. The molecule has 148 valence electrons. The van der Waals surface area contributed by atoms with Gasteiger partial charge in [-0.25, -0.2) is 0 Å². The number of rotatable bonds is 6. The molecule has 0 saturated carbocycles. The fourth-order valence-corrected chi connectivity index (χ4v) is 3.51. The predicted octanol–water partition coefficient (Wildman–Crippen LogP) is 3.18. The van der Waals surface area contributed by atoms with Crippen LogP contribution < -0.4 is 15.4 Å². The van der Waals surface area contributed by atoms with Crippen molar-refractivity contribution in [3.05, 3.63) is 59.1 Å². The van der Waals surface area contributed by atoms with Gasteiger partial charge in [-0.1, -0.05) is 35.9 Å². The molecule has 2 amide bonds. The van der Waals surface area contributed by atoms with Crippen LogP contribution in [-0.4, -0.2) is 49.5 Å². The van der Waals surface area contributed by atoms with Crippen molar-refractivity contribution in [2.24, 2.45) is 0 Å². The molecule has 3 rings (SSSR count). The van der Waals surface area contributed by atoms with E-state index in [0.717, 1.165) is 25.9 Å². The van der Waals surface area contributed by atoms with Crippen LogP contribution in [0.4, 0.5) is 5.69 Å². The van der Waals surface area contributed by atoms with Gasteiger partial charge in [0.05, 0.1) is 29.9 Å². The minimum atomic E-state index is -0.155. The van der Waals surface area contributed by atoms with Crippen LogP contribution in [0.25, 0.3) is 0 Å². The van der Waals surface area contributed by atoms with E-state index in [9.17, 15) is 9.59 Å². The van der Waals surface area contributed by atoms with Crippen molar-refractivity contribution in [1.82, 2.24) is 10.2 Å². The van der Waals surface area contributed by atoms with Crippen LogP contribution in [0.2, 0.25) is 5.02 Å². The van der Waals surface area contributed by atoms with Crippen molar-refractivity contribution in [2.75, 3.05) is 32.1 Å². The lowest BCUT2D eigenvalue weighted by atomic mass is 10.0. The molecule has 1 aliphatic heterocycles. The van der Waals surface area contributed by atoms with Gasteiger partial charge in [0.1, 0.15) is 5.75 Å². The molecule has 28 heavy (non-hydrogen) atoms. The van der Waals surface area contributed by atoms with Gasteiger partial charge in [-0.05, 0) is 37.1 Å². The van der Waals surface area contributed by atoms with Crippen LogP contribution in [0.15, 0.2) is 48.5 Å². The summed E-state index contributed by atoms with van der Waals surface area (Å²) in [5.74, 6) is 0.401. The third-order valence-electron chi connectivity index (χ3n) is 4.79. The van der Waals surface area contributed by atoms with Crippen LogP contribution in [0.1, 0.15) is 23.2 Å². The number of carbonyl (C=O) groups is 2. The quantitative estimate of drug-likeness (QED) is 0.779. The minimum absolute atomic E-state index is 0.0805. The number of hydrogen-bond donors (Lipinski definition) is 2. The molecule has 7 heteroatoms. The largest absolute Gasteiger partial charge is 0.495 e. The number of nitrogens with zero attached hydrogens (tertiary/aromatic N) is 1. The second-order valence-corrected chi connectivity index (χ2v) is 7.16. The smallest absolute Gasteiger partial charge is 0.253 e. The zero-order valence-electron chi connectivity index (χ0n) is 15.8. The molecule has 1 saturated heterocycles. The molecule has 0 aromatic heterocycles. The fraction of sp³-hybridized carbons (Fsp3) is 0.333. The number of hydrogen-bond acceptors (Lipinski definition) is 4. The summed E-state index contributed by atoms with van der Waals surface area (Å²) in [6, 6.07) is 14.4. The summed E-state index contributed by atoms with van der Waals surface area (Å²) >= 11 is 6.08. The summed E-state index contributed by atoms with van der Waals surface area (Å²) < 4.78 is 5.25. The molecule has 1 heterocycles. The van der Waals surface area contributed by atoms with E-state index >= 15 is 0 Å². The summed E-state index contributed by atoms with van der Waals surface area (Å²) in [7, 11) is 1.58. The van der Waals surface area contributed by atoms with E-state index in [0.29, 0.717) is 28.6 Å². The molecule has 0 bridgehead atoms. The number of methoxy groups -OCH3 is 1. The van der Waals surface area contributed by atoms with E-state index in [1.54, 1.807) is 31.4 Å². The Morgan fingerprint density at radius 2 is 1.79 bits per heavy atom. The first kappa shape index (κ1) is 20.2. The number of halogens is 1. The third kappa shape index (κ3) is 5.24. The summed E-state index contributed by atoms with van der Waals surface area (Å²) in [5.41, 5.74) is 1.15. The van der Waals surface area contributed by atoms with Gasteiger partial charge in [-0.15, -0.1) is 0 Å². The van der Waals surface area contributed by atoms with Gasteiger partial charge in [-0.2, -0.15) is 0 Å². The van der Waals surface area contributed by atoms with Gasteiger partial charge >= 0.3 is 0 Å². The Balaban J connectivity index is 1.46. The van der Waals surface area contributed by atoms with E-state index in [-0.39, 0.29) is 17.9 Å². The highest BCUT2D eigenvalue weighted by Gasteiger charge is 2.23. The number of piperidine rings is 1. The Labute approximate surface area is 169 Å². The average Bonchev–Trinajstić information content (AvgIpc) is 2.70. The molecule has 0 radical (unpaired) electrons. The molecule has 6 nitrogen and oxygen atoms in total. The number of carbonyl (C=O) groups excluding carboxylic acids is 2. The van der Waals surface area contributed by atoms with Gasteiger partial charge in [0.15, 0.2) is 0 Å². The second kappa shape index (κ2) is 9.57. The van der Waals surface area contributed by atoms with Crippen molar-refractivity contribution in [3.63, 3.8) is 0 Å². The van der Waals surface area contributed by atoms with Gasteiger partial charge < -0.3 is 15.4 Å². The fourth-order valence-electron chi connectivity index (χ4n) is 3.28. The first-order valence-corrected chi connectivity index (χ1v) is 9.65. The standard InChI is InChI=1S/C21H24ClN3O3/c1-28-19-9-5-4-8-18(19)24-20(26)14-25-12-10-15(11-13-25)23-21(27)16-6-2-3-7-17(16)22/h2-9,15H,10-14H2,1H3,(H,23,27)(H,24,26). The van der Waals surface area contributed by atoms with E-state index in [1.165, 1.54) is 0 Å². The van der Waals surface area contributed by atoms with Crippen LogP contribution in [0.5, 0.6) is 5.75 Å². The third-order valence-corrected chi connectivity index (χ3v) is 5.12. The molecule has 2 aromatic carbocycles. The summed E-state index contributed by atoms with van der Waals surface area (Å²) in [4.78, 5) is 26.8. The maximum Gasteiger partial charge on any atom is 0.253 e. The molecule has 1 aliphatic rings. The van der Waals surface area contributed by atoms with Crippen LogP contribution in [0.3, 0.4) is 0 Å². The van der Waals surface area contributed by atoms with Crippen molar-refractivity contribution in [3.8, 4) is 5.75 Å². The minimum Gasteiger partial charge on any atom is -0.495 e. The van der Waals surface area contributed by atoms with Gasteiger partial charge in [0, 0.05) is 19.1 Å². The molecule has 0 aliphatic carbocycles. The van der Waals surface area contributed by atoms with Crippen molar-refractivity contribution in [2.45, 2.75) is 18.9 Å². The van der Waals surface area contributed by atoms with E-state index in [1.807, 2.05) is 24.3 Å². The maximum atomic E-state index is 12.4. The summed E-state index contributed by atoms with van der Waals surface area (Å²) in [6.45, 7) is 1.79. The molecular weight excluding hydrogens is 378 g/mol. The van der Waals surface area contributed by atoms with Crippen LogP contribution in [-0.2, 0) is 4.79 Å². The Hall–Kier alpha value is -2.57. The number of ether oxygens (including phenoxy) is 1. The zero-order valence-corrected chi connectivity index (χ0v) is 16.5. The normalized spacial score (nSPS) is 15.1. The highest BCUT2D eigenvalue weighted by atomic mass is 35.5. The van der Waals surface area contributed by atoms with Crippen molar-refractivity contribution in [1.29, 1.82) is 0 Å². The first-order valence-electron chi connectivity index (χ1n) is 9.27. The number of nitrogens with one attached hydrogen (secondary N) is 2. The lowest BCUT2D eigenvalue weighted by Crippen LogP contribution is -2.46. The monoisotopic (exact) mass is 401 g/mol. The number of para-hydroxylation sites is 2. The number of anilines is 1. The molecule has 0 spiro atoms. The van der Waals surface area contributed by atoms with Crippen molar-refractivity contribution < 1.29 is 14.3 Å². The van der Waals surface area contributed by atoms with Gasteiger partial charge in [-0.3, -0.25) is 14.5 Å². The molecule has 0 unspecified atom stereocenters. The number of likely N-dealkylation sites (tertiary alicyclic amines) is 1. The lowest BCUT2D eigenvalue weighted by molar-refractivity contribution is -0.117. The topological polar surface area (TPSA) is 70.7 Å². The maximum absolute atomic E-state index is 12.4. The highest BCUT2D eigenvalue weighted by molar-refractivity contribution is 6.33. The van der Waals surface area contributed by atoms with Crippen LogP contribution in [0, 0.1) is 0 Å². The lowest BCUT2D eigenvalue weighted by Gasteiger charge is -2.32. The molecule has 2 N–H and O–H groups in total. The average molecular weight is 402 g/mol. The van der Waals surface area contributed by atoms with E-state index in [4.69, 9.17) is 16.3 Å². The summed E-state index contributed by atoms with van der Waals surface area (Å²) in [5, 5.41) is 6.38. The Morgan fingerprint density at radius 1 is 1.11 bits per heavy atom. The van der Waals surface area contributed by atoms with E-state index < -0.39 is 0 Å². The Bertz CT molecular complexity index is 835. The molecule has 1 fully saturated rings. The Kier molecular flexibility index (Phi) is 6.90. The van der Waals surface area contributed by atoms with Crippen LogP contribution >= 0.6 is 11.6 Å². The van der Waals surface area contributed by atoms with Crippen molar-refractivity contribution >= 4 is 29.1 Å². The highest BCUT2D eigenvalue weighted by Crippen LogP contribution is 2.23. The molecular formula is C21H24ClN3O3. The second-order valence-electron chi connectivity index (χ2n) is 6.75.